The first kappa shape index (κ1) is 22.9. The van der Waals surface area contributed by atoms with Gasteiger partial charge in [0, 0.05) is 35.0 Å². The number of pyridine rings is 1. The number of nitrogens with zero attached hydrogens (tertiary/aromatic N) is 2. The summed E-state index contributed by atoms with van der Waals surface area (Å²) in [6.07, 6.45) is -1.38. The zero-order valence-electron chi connectivity index (χ0n) is 16.6. The third-order valence-electron chi connectivity index (χ3n) is 4.54. The fourth-order valence-electron chi connectivity index (χ4n) is 2.95. The minimum Gasteiger partial charge on any atom is -0.502 e. The van der Waals surface area contributed by atoms with Crippen LogP contribution in [-0.2, 0) is 6.18 Å². The Hall–Kier alpha value is -3.79. The molecule has 2 aromatic carbocycles. The molecular formula is C22H17F3N3O3S+. The third kappa shape index (κ3) is 5.09. The number of hydrogen-bond donors (Lipinski definition) is 2. The van der Waals surface area contributed by atoms with Gasteiger partial charge in [-0.2, -0.15) is 17.7 Å². The fraction of sp³-hybridized carbons (Fsp3) is 0.0909. The normalized spacial score (nSPS) is 12.1. The van der Waals surface area contributed by atoms with Crippen LogP contribution in [0.3, 0.4) is 0 Å². The Balaban J connectivity index is 2.09. The Bertz CT molecular complexity index is 1210. The van der Waals surface area contributed by atoms with E-state index in [1.165, 1.54) is 34.9 Å². The van der Waals surface area contributed by atoms with Crippen LogP contribution in [-0.4, -0.2) is 15.0 Å². The summed E-state index contributed by atoms with van der Waals surface area (Å²) in [5.41, 5.74) is -0.408. The van der Waals surface area contributed by atoms with Crippen LogP contribution in [0.15, 0.2) is 73.1 Å². The lowest BCUT2D eigenvalue weighted by atomic mass is 10.1. The van der Waals surface area contributed by atoms with Gasteiger partial charge in [-0.15, -0.1) is 0 Å². The molecule has 6 nitrogen and oxygen atoms in total. The van der Waals surface area contributed by atoms with Crippen molar-refractivity contribution in [3.8, 4) is 0 Å². The van der Waals surface area contributed by atoms with Crippen molar-refractivity contribution in [1.29, 1.82) is 0 Å². The van der Waals surface area contributed by atoms with E-state index >= 15 is 0 Å². The molecule has 0 fully saturated rings. The van der Waals surface area contributed by atoms with Gasteiger partial charge in [0.1, 0.15) is 0 Å². The number of thiocarbonyl (C=S) groups is 1. The minimum absolute atomic E-state index is 0.0381. The van der Waals surface area contributed by atoms with Crippen molar-refractivity contribution in [2.24, 2.45) is 0 Å². The van der Waals surface area contributed by atoms with Crippen molar-refractivity contribution in [3.63, 3.8) is 0 Å². The molecule has 1 heterocycles. The van der Waals surface area contributed by atoms with Crippen molar-refractivity contribution in [1.82, 2.24) is 0 Å². The fourth-order valence-corrected chi connectivity index (χ4v) is 3.27. The minimum atomic E-state index is -4.53. The SMILES string of the molecule is Cc1ccc(/C(O)=C(/C(=S)Nc2cccc(C(F)(F)F)c2)[n+]2ccccc2)cc1[N+](=O)[O-]. The van der Waals surface area contributed by atoms with Gasteiger partial charge in [0.2, 0.25) is 0 Å². The number of aliphatic hydroxyl groups excluding tert-OH is 1. The maximum Gasteiger partial charge on any atom is 0.416 e. The number of nitrogens with one attached hydrogen (secondary N) is 1. The quantitative estimate of drug-likeness (QED) is 0.131. The molecule has 0 saturated heterocycles. The summed E-state index contributed by atoms with van der Waals surface area (Å²) < 4.78 is 40.6. The van der Waals surface area contributed by atoms with Gasteiger partial charge in [-0.25, -0.2) is 0 Å². The van der Waals surface area contributed by atoms with Crippen LogP contribution < -0.4 is 9.88 Å². The van der Waals surface area contributed by atoms with E-state index in [2.05, 4.69) is 5.32 Å². The molecule has 1 aromatic heterocycles. The molecule has 10 heteroatoms. The van der Waals surface area contributed by atoms with E-state index < -0.39 is 16.7 Å². The highest BCUT2D eigenvalue weighted by molar-refractivity contribution is 7.81. The molecule has 0 aliphatic heterocycles. The maximum absolute atomic E-state index is 13.0. The first-order chi connectivity index (χ1) is 15.1. The van der Waals surface area contributed by atoms with E-state index in [9.17, 15) is 28.4 Å². The number of aromatic nitrogens is 1. The monoisotopic (exact) mass is 460 g/mol. The second-order valence-electron chi connectivity index (χ2n) is 6.77. The summed E-state index contributed by atoms with van der Waals surface area (Å²) in [4.78, 5) is 10.6. The number of rotatable bonds is 5. The molecule has 0 saturated carbocycles. The van der Waals surface area contributed by atoms with Gasteiger partial charge in [-0.3, -0.25) is 10.1 Å². The van der Waals surface area contributed by atoms with Crippen LogP contribution in [0.5, 0.6) is 0 Å². The lowest BCUT2D eigenvalue weighted by Crippen LogP contribution is -2.38. The average molecular weight is 460 g/mol. The molecule has 0 aliphatic carbocycles. The van der Waals surface area contributed by atoms with E-state index in [0.29, 0.717) is 5.56 Å². The van der Waals surface area contributed by atoms with Crippen molar-refractivity contribution >= 4 is 40.0 Å². The summed E-state index contributed by atoms with van der Waals surface area (Å²) in [6.45, 7) is 1.56. The highest BCUT2D eigenvalue weighted by atomic mass is 32.1. The highest BCUT2D eigenvalue weighted by Crippen LogP contribution is 2.31. The molecule has 2 N–H and O–H groups in total. The number of nitro benzene ring substituents is 1. The molecule has 0 spiro atoms. The van der Waals surface area contributed by atoms with Crippen LogP contribution in [0, 0.1) is 17.0 Å². The number of halogens is 3. The van der Waals surface area contributed by atoms with Crippen LogP contribution in [0.4, 0.5) is 24.5 Å². The zero-order chi connectivity index (χ0) is 23.5. The predicted octanol–water partition coefficient (Wildman–Crippen LogP) is 5.53. The average Bonchev–Trinajstić information content (AvgIpc) is 2.74. The third-order valence-corrected chi connectivity index (χ3v) is 4.84. The summed E-state index contributed by atoms with van der Waals surface area (Å²) in [5, 5.41) is 25.0. The van der Waals surface area contributed by atoms with Crippen molar-refractivity contribution in [2.45, 2.75) is 13.1 Å². The predicted molar refractivity (Wildman–Crippen MR) is 118 cm³/mol. The Kier molecular flexibility index (Phi) is 6.54. The summed E-state index contributed by atoms with van der Waals surface area (Å²) in [5.74, 6) is -0.381. The highest BCUT2D eigenvalue weighted by Gasteiger charge is 2.31. The van der Waals surface area contributed by atoms with Crippen molar-refractivity contribution in [2.75, 3.05) is 5.32 Å². The summed E-state index contributed by atoms with van der Waals surface area (Å²) >= 11 is 5.40. The molecular weight excluding hydrogens is 443 g/mol. The Morgan fingerprint density at radius 3 is 2.41 bits per heavy atom. The van der Waals surface area contributed by atoms with Crippen LogP contribution in [0.2, 0.25) is 0 Å². The molecule has 0 atom stereocenters. The van der Waals surface area contributed by atoms with Crippen LogP contribution >= 0.6 is 12.2 Å². The number of anilines is 1. The van der Waals surface area contributed by atoms with Gasteiger partial charge >= 0.3 is 6.18 Å². The first-order valence-electron chi connectivity index (χ1n) is 9.22. The molecule has 0 radical (unpaired) electrons. The van der Waals surface area contributed by atoms with Gasteiger partial charge in [0.05, 0.1) is 10.5 Å². The Morgan fingerprint density at radius 1 is 1.09 bits per heavy atom. The van der Waals surface area contributed by atoms with Crippen molar-refractivity contribution in [3.05, 3.63) is 99.9 Å². The summed E-state index contributed by atoms with van der Waals surface area (Å²) in [7, 11) is 0. The number of aliphatic hydroxyl groups is 1. The number of nitro groups is 1. The number of benzene rings is 2. The second-order valence-corrected chi connectivity index (χ2v) is 7.18. The van der Waals surface area contributed by atoms with E-state index in [1.54, 1.807) is 37.5 Å². The van der Waals surface area contributed by atoms with E-state index in [4.69, 9.17) is 12.2 Å². The Labute approximate surface area is 186 Å². The van der Waals surface area contributed by atoms with E-state index in [0.717, 1.165) is 12.1 Å². The largest absolute Gasteiger partial charge is 0.502 e. The maximum atomic E-state index is 13.0. The topological polar surface area (TPSA) is 79.3 Å². The molecule has 32 heavy (non-hydrogen) atoms. The van der Waals surface area contributed by atoms with Gasteiger partial charge in [0.25, 0.3) is 11.4 Å². The van der Waals surface area contributed by atoms with Gasteiger partial charge in [-0.1, -0.05) is 36.5 Å². The molecule has 3 aromatic rings. The zero-order valence-corrected chi connectivity index (χ0v) is 17.4. The van der Waals surface area contributed by atoms with E-state index in [1.807, 2.05) is 0 Å². The lowest BCUT2D eigenvalue weighted by Gasteiger charge is -2.12. The first-order valence-corrected chi connectivity index (χ1v) is 9.62. The lowest BCUT2D eigenvalue weighted by molar-refractivity contribution is -0.575. The molecule has 3 rings (SSSR count). The molecule has 0 bridgehead atoms. The van der Waals surface area contributed by atoms with Crippen molar-refractivity contribution < 1.29 is 27.8 Å². The smallest absolute Gasteiger partial charge is 0.416 e. The van der Waals surface area contributed by atoms with Gasteiger partial charge < -0.3 is 10.4 Å². The van der Waals surface area contributed by atoms with Crippen LogP contribution in [0.25, 0.3) is 11.5 Å². The Morgan fingerprint density at radius 2 is 1.78 bits per heavy atom. The number of aryl methyl sites for hydroxylation is 1. The number of hydrogen-bond acceptors (Lipinski definition) is 4. The van der Waals surface area contributed by atoms with Gasteiger partial charge in [0.15, 0.2) is 23.1 Å². The standard InChI is InChI=1S/C22H16F3N3O3S/c1-14-8-9-15(12-18(14)28(30)31)20(29)19(27-10-3-2-4-11-27)21(32)26-17-7-5-6-16(13-17)22(23,24)25/h2-13H,1H3,(H-,26,29,32)/p+1. The molecule has 0 unspecified atom stereocenters. The van der Waals surface area contributed by atoms with Crippen LogP contribution in [0.1, 0.15) is 16.7 Å². The summed E-state index contributed by atoms with van der Waals surface area (Å²) in [6, 6.07) is 13.7. The molecule has 0 amide bonds. The number of alkyl halides is 3. The molecule has 0 aliphatic rings. The van der Waals surface area contributed by atoms with Gasteiger partial charge in [-0.05, 0) is 25.1 Å². The van der Waals surface area contributed by atoms with E-state index in [-0.39, 0.29) is 33.4 Å². The second kappa shape index (κ2) is 9.15. The molecule has 164 valence electrons.